The average molecular weight is 1270 g/mol. The molecule has 0 amide bonds. The van der Waals surface area contributed by atoms with Crippen LogP contribution >= 0.6 is 7.82 Å². The van der Waals surface area contributed by atoms with E-state index in [4.69, 9.17) is 18.5 Å². The van der Waals surface area contributed by atoms with Crippen molar-refractivity contribution in [3.8, 4) is 0 Å². The summed E-state index contributed by atoms with van der Waals surface area (Å²) < 4.78 is 34.4. The van der Waals surface area contributed by atoms with Crippen LogP contribution in [0.2, 0.25) is 0 Å². The third kappa shape index (κ3) is 74.1. The SMILES string of the molecule is CCCCCCCCCCCCCCCCCCCCCCCCCCCCCCCCCCCCCCCCC(=O)OC(COC(=O)CCCCCCCCCCCCCCCCCCCCCCCCCCCC)COP(=O)([O-])OCC[N+](C)(C)C. The minimum Gasteiger partial charge on any atom is -0.756 e. The highest BCUT2D eigenvalue weighted by molar-refractivity contribution is 7.45. The molecule has 0 rings (SSSR count). The number of phosphoric acid groups is 1. The number of rotatable bonds is 76. The van der Waals surface area contributed by atoms with Crippen LogP contribution in [0.25, 0.3) is 0 Å². The zero-order valence-electron chi connectivity index (χ0n) is 60.2. The second-order valence-corrected chi connectivity index (χ2v) is 30.2. The summed E-state index contributed by atoms with van der Waals surface area (Å²) in [5.41, 5.74) is 0. The third-order valence-electron chi connectivity index (χ3n) is 18.6. The first kappa shape index (κ1) is 87.0. The number of unbranched alkanes of at least 4 members (excludes halogenated alkanes) is 62. The van der Waals surface area contributed by atoms with Crippen LogP contribution in [0.5, 0.6) is 0 Å². The quantitative estimate of drug-likeness (QED) is 0.0256. The maximum absolute atomic E-state index is 12.9. The number of ether oxygens (including phenoxy) is 2. The predicted molar refractivity (Wildman–Crippen MR) is 379 cm³/mol. The summed E-state index contributed by atoms with van der Waals surface area (Å²) in [6, 6.07) is 0. The Bertz CT molecular complexity index is 1440. The van der Waals surface area contributed by atoms with Crippen LogP contribution in [0.4, 0.5) is 0 Å². The lowest BCUT2D eigenvalue weighted by Crippen LogP contribution is -2.37. The Hall–Kier alpha value is -0.990. The molecular weight excluding hydrogens is 1110 g/mol. The molecule has 2 unspecified atom stereocenters. The Morgan fingerprint density at radius 1 is 0.307 bits per heavy atom. The van der Waals surface area contributed by atoms with E-state index in [-0.39, 0.29) is 32.0 Å². The zero-order valence-corrected chi connectivity index (χ0v) is 61.1. The van der Waals surface area contributed by atoms with Gasteiger partial charge in [0.15, 0.2) is 6.10 Å². The fourth-order valence-electron chi connectivity index (χ4n) is 12.5. The highest BCUT2D eigenvalue weighted by atomic mass is 31.2. The third-order valence-corrected chi connectivity index (χ3v) is 19.6. The number of nitrogens with zero attached hydrogens (tertiary/aromatic N) is 1. The Balaban J connectivity index is 3.87. The van der Waals surface area contributed by atoms with Gasteiger partial charge in [-0.1, -0.05) is 412 Å². The van der Waals surface area contributed by atoms with Gasteiger partial charge in [-0.25, -0.2) is 0 Å². The summed E-state index contributed by atoms with van der Waals surface area (Å²) in [6.45, 7) is 4.35. The highest BCUT2D eigenvalue weighted by Gasteiger charge is 2.22. The van der Waals surface area contributed by atoms with Crippen molar-refractivity contribution in [2.75, 3.05) is 47.5 Å². The summed E-state index contributed by atoms with van der Waals surface area (Å²) in [6.07, 6.45) is 86.7. The fourth-order valence-corrected chi connectivity index (χ4v) is 13.3. The lowest BCUT2D eigenvalue weighted by atomic mass is 10.0. The molecule has 0 aliphatic carbocycles. The van der Waals surface area contributed by atoms with E-state index in [9.17, 15) is 19.0 Å². The van der Waals surface area contributed by atoms with E-state index in [0.717, 1.165) is 32.1 Å². The Morgan fingerprint density at radius 3 is 0.727 bits per heavy atom. The molecule has 0 aliphatic heterocycles. The maximum Gasteiger partial charge on any atom is 0.306 e. The minimum absolute atomic E-state index is 0.0247. The van der Waals surface area contributed by atoms with Crippen molar-refractivity contribution in [1.82, 2.24) is 0 Å². The van der Waals surface area contributed by atoms with Crippen molar-refractivity contribution in [2.45, 2.75) is 444 Å². The van der Waals surface area contributed by atoms with Gasteiger partial charge in [-0.2, -0.15) is 0 Å². The fraction of sp³-hybridized carbons (Fsp3) is 0.974. The van der Waals surface area contributed by atoms with E-state index < -0.39 is 26.5 Å². The largest absolute Gasteiger partial charge is 0.756 e. The van der Waals surface area contributed by atoms with Crippen molar-refractivity contribution in [2.24, 2.45) is 0 Å². The monoisotopic (exact) mass is 1270 g/mol. The number of quaternary nitrogens is 1. The first-order valence-electron chi connectivity index (χ1n) is 39.7. The molecule has 526 valence electrons. The van der Waals surface area contributed by atoms with Gasteiger partial charge < -0.3 is 27.9 Å². The van der Waals surface area contributed by atoms with E-state index >= 15 is 0 Å². The smallest absolute Gasteiger partial charge is 0.306 e. The van der Waals surface area contributed by atoms with Crippen LogP contribution in [0.1, 0.15) is 438 Å². The molecule has 0 bridgehead atoms. The Morgan fingerprint density at radius 2 is 0.511 bits per heavy atom. The lowest BCUT2D eigenvalue weighted by molar-refractivity contribution is -0.870. The topological polar surface area (TPSA) is 111 Å². The number of carbonyl (C=O) groups is 2. The molecule has 9 nitrogen and oxygen atoms in total. The summed E-state index contributed by atoms with van der Waals surface area (Å²) in [5.74, 6) is -0.801. The van der Waals surface area contributed by atoms with Crippen LogP contribution in [0.15, 0.2) is 0 Å². The van der Waals surface area contributed by atoms with E-state index in [1.165, 1.54) is 372 Å². The van der Waals surface area contributed by atoms with Crippen LogP contribution in [-0.4, -0.2) is 70.0 Å². The lowest BCUT2D eigenvalue weighted by Gasteiger charge is -2.28. The van der Waals surface area contributed by atoms with Crippen molar-refractivity contribution >= 4 is 19.8 Å². The molecule has 0 aromatic heterocycles. The summed E-state index contributed by atoms with van der Waals surface area (Å²) in [7, 11) is 1.20. The summed E-state index contributed by atoms with van der Waals surface area (Å²) in [4.78, 5) is 38.1. The first-order valence-corrected chi connectivity index (χ1v) is 41.2. The molecule has 0 aliphatic rings. The highest BCUT2D eigenvalue weighted by Crippen LogP contribution is 2.38. The molecule has 0 aromatic carbocycles. The molecule has 0 N–H and O–H groups in total. The van der Waals surface area contributed by atoms with Crippen LogP contribution in [0, 0.1) is 0 Å². The molecule has 0 saturated carbocycles. The van der Waals surface area contributed by atoms with Crippen molar-refractivity contribution < 1.29 is 42.1 Å². The average Bonchev–Trinajstić information content (AvgIpc) is 3.62. The maximum atomic E-state index is 12.9. The van der Waals surface area contributed by atoms with Crippen LogP contribution in [0.3, 0.4) is 0 Å². The number of hydrogen-bond acceptors (Lipinski definition) is 8. The molecule has 0 fully saturated rings. The predicted octanol–water partition coefficient (Wildman–Crippen LogP) is 25.4. The number of hydrogen-bond donors (Lipinski definition) is 0. The van der Waals surface area contributed by atoms with Crippen LogP contribution in [-0.2, 0) is 32.7 Å². The summed E-state index contributed by atoms with van der Waals surface area (Å²) >= 11 is 0. The summed E-state index contributed by atoms with van der Waals surface area (Å²) in [5, 5.41) is 0. The van der Waals surface area contributed by atoms with Crippen molar-refractivity contribution in [1.29, 1.82) is 0 Å². The van der Waals surface area contributed by atoms with E-state index in [2.05, 4.69) is 13.8 Å². The van der Waals surface area contributed by atoms with Gasteiger partial charge in [-0.05, 0) is 12.8 Å². The zero-order chi connectivity index (χ0) is 64.1. The molecule has 0 spiro atoms. The molecule has 0 saturated heterocycles. The van der Waals surface area contributed by atoms with Gasteiger partial charge in [0.25, 0.3) is 7.82 Å². The molecule has 0 radical (unpaired) electrons. The van der Waals surface area contributed by atoms with Crippen molar-refractivity contribution in [3.05, 3.63) is 0 Å². The van der Waals surface area contributed by atoms with Gasteiger partial charge in [0.2, 0.25) is 0 Å². The molecular formula is C78H156NO8P. The van der Waals surface area contributed by atoms with E-state index in [1.807, 2.05) is 21.1 Å². The number of phosphoric ester groups is 1. The minimum atomic E-state index is -4.64. The van der Waals surface area contributed by atoms with E-state index in [1.54, 1.807) is 0 Å². The van der Waals surface area contributed by atoms with Gasteiger partial charge in [-0.3, -0.25) is 14.2 Å². The Kier molecular flexibility index (Phi) is 69.5. The number of carbonyl (C=O) groups excluding carboxylic acids is 2. The molecule has 10 heteroatoms. The Labute approximate surface area is 550 Å². The standard InChI is InChI=1S/C78H156NO8P/c1-6-8-10-12-14-16-18-20-22-24-26-28-30-32-34-35-36-37-38-39-40-41-42-43-44-45-47-49-51-53-55-57-59-61-63-65-67-69-71-78(81)87-76(75-86-88(82,83)85-73-72-79(3,4)5)74-84-77(80)70-68-66-64-62-60-58-56-54-52-50-48-46-33-31-29-27-25-23-21-19-17-15-13-11-9-7-2/h76H,6-75H2,1-5H3. The second-order valence-electron chi connectivity index (χ2n) is 28.8. The molecule has 0 heterocycles. The first-order chi connectivity index (χ1) is 43.0. The second kappa shape index (κ2) is 70.3. The molecule has 88 heavy (non-hydrogen) atoms. The van der Waals surface area contributed by atoms with Gasteiger partial charge in [-0.15, -0.1) is 0 Å². The van der Waals surface area contributed by atoms with Gasteiger partial charge >= 0.3 is 11.9 Å². The van der Waals surface area contributed by atoms with E-state index in [0.29, 0.717) is 17.4 Å². The molecule has 0 aromatic rings. The van der Waals surface area contributed by atoms with Crippen LogP contribution < -0.4 is 4.89 Å². The number of esters is 2. The van der Waals surface area contributed by atoms with Crippen molar-refractivity contribution in [3.63, 3.8) is 0 Å². The normalized spacial score (nSPS) is 12.9. The molecule has 2 atom stereocenters. The van der Waals surface area contributed by atoms with Gasteiger partial charge in [0, 0.05) is 12.8 Å². The van der Waals surface area contributed by atoms with Gasteiger partial charge in [0.1, 0.15) is 19.8 Å². The number of likely N-dealkylation sites (N-methyl/N-ethyl adjacent to an activating group) is 1. The van der Waals surface area contributed by atoms with Gasteiger partial charge in [0.05, 0.1) is 27.7 Å².